The standard InChI is InChI=1S/C16H26N4O4S/c1-25(22,23)20-11-5-8-13(20)16-18-15(24-19-16)10-9-14(21)17-12-6-3-2-4-7-12/h12-13H,2-11H2,1H3,(H,17,21). The molecule has 8 nitrogen and oxygen atoms in total. The van der Waals surface area contributed by atoms with Crippen LogP contribution in [0, 0.1) is 0 Å². The average Bonchev–Trinajstić information content (AvgIpc) is 3.22. The summed E-state index contributed by atoms with van der Waals surface area (Å²) in [6, 6.07) is -0.0649. The number of amides is 1. The molecular formula is C16H26N4O4S. The highest BCUT2D eigenvalue weighted by atomic mass is 32.2. The molecule has 25 heavy (non-hydrogen) atoms. The molecule has 9 heteroatoms. The molecule has 2 aliphatic rings. The molecule has 1 aliphatic heterocycles. The molecule has 2 fully saturated rings. The quantitative estimate of drug-likeness (QED) is 0.814. The Balaban J connectivity index is 1.52. The van der Waals surface area contributed by atoms with E-state index in [4.69, 9.17) is 4.52 Å². The molecule has 1 atom stereocenters. The van der Waals surface area contributed by atoms with Gasteiger partial charge < -0.3 is 9.84 Å². The number of carbonyl (C=O) groups is 1. The smallest absolute Gasteiger partial charge is 0.227 e. The van der Waals surface area contributed by atoms with Crippen LogP contribution in [0.2, 0.25) is 0 Å². The minimum absolute atomic E-state index is 0.00489. The molecule has 0 spiro atoms. The Morgan fingerprint density at radius 3 is 2.72 bits per heavy atom. The summed E-state index contributed by atoms with van der Waals surface area (Å²) in [5.74, 6) is 0.782. The largest absolute Gasteiger partial charge is 0.353 e. The van der Waals surface area contributed by atoms with Crippen molar-refractivity contribution in [2.24, 2.45) is 0 Å². The minimum Gasteiger partial charge on any atom is -0.353 e. The third-order valence-corrected chi connectivity index (χ3v) is 6.24. The monoisotopic (exact) mass is 370 g/mol. The average molecular weight is 370 g/mol. The molecule has 1 aliphatic carbocycles. The van der Waals surface area contributed by atoms with Gasteiger partial charge in [-0.3, -0.25) is 4.79 Å². The predicted molar refractivity (Wildman–Crippen MR) is 91.2 cm³/mol. The Labute approximate surface area is 148 Å². The molecule has 1 saturated carbocycles. The van der Waals surface area contributed by atoms with Crippen LogP contribution in [-0.4, -0.2) is 47.6 Å². The van der Waals surface area contributed by atoms with Crippen molar-refractivity contribution in [1.29, 1.82) is 0 Å². The van der Waals surface area contributed by atoms with Gasteiger partial charge in [0.2, 0.25) is 21.8 Å². The van der Waals surface area contributed by atoms with Crippen molar-refractivity contribution >= 4 is 15.9 Å². The number of rotatable bonds is 6. The third kappa shape index (κ3) is 4.78. The van der Waals surface area contributed by atoms with Crippen LogP contribution in [0.1, 0.15) is 69.1 Å². The van der Waals surface area contributed by atoms with Crippen molar-refractivity contribution in [3.05, 3.63) is 11.7 Å². The van der Waals surface area contributed by atoms with Crippen LogP contribution in [-0.2, 0) is 21.2 Å². The number of sulfonamides is 1. The lowest BCUT2D eigenvalue weighted by Gasteiger charge is -2.22. The van der Waals surface area contributed by atoms with E-state index in [9.17, 15) is 13.2 Å². The van der Waals surface area contributed by atoms with Gasteiger partial charge in [0.25, 0.3) is 0 Å². The van der Waals surface area contributed by atoms with Crippen LogP contribution >= 0.6 is 0 Å². The van der Waals surface area contributed by atoms with E-state index in [0.29, 0.717) is 43.6 Å². The second-order valence-electron chi connectivity index (χ2n) is 6.98. The maximum atomic E-state index is 12.0. The van der Waals surface area contributed by atoms with E-state index in [2.05, 4.69) is 15.5 Å². The van der Waals surface area contributed by atoms with Crippen molar-refractivity contribution in [1.82, 2.24) is 19.8 Å². The van der Waals surface area contributed by atoms with Gasteiger partial charge in [-0.25, -0.2) is 8.42 Å². The molecule has 0 aromatic carbocycles. The highest BCUT2D eigenvalue weighted by Crippen LogP contribution is 2.32. The topological polar surface area (TPSA) is 105 Å². The molecule has 3 rings (SSSR count). The van der Waals surface area contributed by atoms with E-state index < -0.39 is 10.0 Å². The molecule has 1 unspecified atom stereocenters. The molecule has 140 valence electrons. The summed E-state index contributed by atoms with van der Waals surface area (Å²) in [5.41, 5.74) is 0. The highest BCUT2D eigenvalue weighted by Gasteiger charge is 2.35. The summed E-state index contributed by atoms with van der Waals surface area (Å²) >= 11 is 0. The zero-order valence-corrected chi connectivity index (χ0v) is 15.4. The van der Waals surface area contributed by atoms with Crippen LogP contribution in [0.15, 0.2) is 4.52 Å². The van der Waals surface area contributed by atoms with Gasteiger partial charge >= 0.3 is 0 Å². The first kappa shape index (κ1) is 18.3. The second-order valence-corrected chi connectivity index (χ2v) is 8.92. The number of hydrogen-bond donors (Lipinski definition) is 1. The van der Waals surface area contributed by atoms with Crippen LogP contribution in [0.4, 0.5) is 0 Å². The van der Waals surface area contributed by atoms with Crippen LogP contribution in [0.5, 0.6) is 0 Å². The number of hydrogen-bond acceptors (Lipinski definition) is 6. The van der Waals surface area contributed by atoms with E-state index in [-0.39, 0.29) is 11.9 Å². The fourth-order valence-electron chi connectivity index (χ4n) is 3.67. The van der Waals surface area contributed by atoms with Crippen molar-refractivity contribution in [3.8, 4) is 0 Å². The molecule has 1 saturated heterocycles. The van der Waals surface area contributed by atoms with Crippen molar-refractivity contribution in [2.45, 2.75) is 69.9 Å². The van der Waals surface area contributed by atoms with Gasteiger partial charge in [0, 0.05) is 25.4 Å². The first-order valence-electron chi connectivity index (χ1n) is 9.02. The lowest BCUT2D eigenvalue weighted by molar-refractivity contribution is -0.122. The van der Waals surface area contributed by atoms with E-state index in [1.165, 1.54) is 29.8 Å². The molecular weight excluding hydrogens is 344 g/mol. The number of aryl methyl sites for hydroxylation is 1. The molecule has 0 radical (unpaired) electrons. The van der Waals surface area contributed by atoms with E-state index in [0.717, 1.165) is 19.3 Å². The lowest BCUT2D eigenvalue weighted by Crippen LogP contribution is -2.36. The first-order chi connectivity index (χ1) is 11.9. The van der Waals surface area contributed by atoms with Crippen LogP contribution in [0.25, 0.3) is 0 Å². The van der Waals surface area contributed by atoms with Crippen LogP contribution in [0.3, 0.4) is 0 Å². The number of nitrogens with one attached hydrogen (secondary N) is 1. The fraction of sp³-hybridized carbons (Fsp3) is 0.812. The Bertz CT molecular complexity index is 697. The summed E-state index contributed by atoms with van der Waals surface area (Å²) in [6.45, 7) is 0.483. The molecule has 2 heterocycles. The maximum absolute atomic E-state index is 12.0. The SMILES string of the molecule is CS(=O)(=O)N1CCCC1c1noc(CCC(=O)NC2CCCCC2)n1. The third-order valence-electron chi connectivity index (χ3n) is 4.95. The minimum atomic E-state index is -3.29. The van der Waals surface area contributed by atoms with Gasteiger partial charge in [-0.1, -0.05) is 24.4 Å². The summed E-state index contributed by atoms with van der Waals surface area (Å²) in [6.07, 6.45) is 9.06. The van der Waals surface area contributed by atoms with Gasteiger partial charge in [-0.15, -0.1) is 0 Å². The molecule has 1 aromatic rings. The zero-order valence-electron chi connectivity index (χ0n) is 14.6. The number of aromatic nitrogens is 2. The van der Waals surface area contributed by atoms with Gasteiger partial charge in [0.05, 0.1) is 12.3 Å². The first-order valence-corrected chi connectivity index (χ1v) is 10.9. The van der Waals surface area contributed by atoms with E-state index in [1.54, 1.807) is 0 Å². The normalized spacial score (nSPS) is 23.0. The molecule has 1 amide bonds. The highest BCUT2D eigenvalue weighted by molar-refractivity contribution is 7.88. The Morgan fingerprint density at radius 1 is 1.24 bits per heavy atom. The Hall–Kier alpha value is -1.48. The molecule has 1 aromatic heterocycles. The van der Waals surface area contributed by atoms with Crippen LogP contribution < -0.4 is 5.32 Å². The second kappa shape index (κ2) is 7.82. The van der Waals surface area contributed by atoms with Gasteiger partial charge in [-0.05, 0) is 25.7 Å². The summed E-state index contributed by atoms with van der Waals surface area (Å²) < 4.78 is 30.3. The molecule has 1 N–H and O–H groups in total. The van der Waals surface area contributed by atoms with E-state index in [1.807, 2.05) is 0 Å². The summed E-state index contributed by atoms with van der Waals surface area (Å²) in [7, 11) is -3.29. The van der Waals surface area contributed by atoms with Crippen molar-refractivity contribution in [2.75, 3.05) is 12.8 Å². The van der Waals surface area contributed by atoms with Gasteiger partial charge in [0.1, 0.15) is 0 Å². The fourth-order valence-corrected chi connectivity index (χ4v) is 4.79. The Kier molecular flexibility index (Phi) is 5.73. The van der Waals surface area contributed by atoms with E-state index >= 15 is 0 Å². The van der Waals surface area contributed by atoms with Gasteiger partial charge in [-0.2, -0.15) is 9.29 Å². The van der Waals surface area contributed by atoms with Gasteiger partial charge in [0.15, 0.2) is 5.82 Å². The van der Waals surface area contributed by atoms with Crippen molar-refractivity contribution < 1.29 is 17.7 Å². The lowest BCUT2D eigenvalue weighted by atomic mass is 9.95. The van der Waals surface area contributed by atoms with Crippen molar-refractivity contribution in [3.63, 3.8) is 0 Å². The number of nitrogens with zero attached hydrogens (tertiary/aromatic N) is 3. The predicted octanol–water partition coefficient (Wildman–Crippen LogP) is 1.55. The Morgan fingerprint density at radius 2 is 2.00 bits per heavy atom. The summed E-state index contributed by atoms with van der Waals surface area (Å²) in [4.78, 5) is 16.4. The summed E-state index contributed by atoms with van der Waals surface area (Å²) in [5, 5.41) is 6.99. The maximum Gasteiger partial charge on any atom is 0.227 e. The zero-order chi connectivity index (χ0) is 17.9. The molecule has 0 bridgehead atoms. The number of carbonyl (C=O) groups excluding carboxylic acids is 1.